The van der Waals surface area contributed by atoms with Crippen molar-refractivity contribution >= 4 is 11.7 Å². The number of hydrogen-bond donors (Lipinski definition) is 1. The van der Waals surface area contributed by atoms with Crippen LogP contribution in [0.5, 0.6) is 0 Å². The molecule has 0 aliphatic carbocycles. The Labute approximate surface area is 146 Å². The molecule has 0 aromatic heterocycles. The van der Waals surface area contributed by atoms with Crippen LogP contribution in [-0.4, -0.2) is 10.9 Å². The Morgan fingerprint density at radius 3 is 1.88 bits per heavy atom. The molecule has 0 saturated heterocycles. The van der Waals surface area contributed by atoms with Gasteiger partial charge in [-0.05, 0) is 29.3 Å². The second-order valence-corrected chi connectivity index (χ2v) is 5.77. The molecule has 0 heterocycles. The van der Waals surface area contributed by atoms with E-state index in [-0.39, 0.29) is 11.8 Å². The van der Waals surface area contributed by atoms with E-state index in [1.807, 2.05) is 60.7 Å². The fourth-order valence-corrected chi connectivity index (χ4v) is 2.58. The molecule has 0 saturated carbocycles. The first-order chi connectivity index (χ1) is 12.2. The quantitative estimate of drug-likeness (QED) is 0.695. The van der Waals surface area contributed by atoms with Crippen molar-refractivity contribution in [2.24, 2.45) is 0 Å². The van der Waals surface area contributed by atoms with Gasteiger partial charge < -0.3 is 10.2 Å². The van der Waals surface area contributed by atoms with Crippen molar-refractivity contribution in [2.45, 2.75) is 13.1 Å². The summed E-state index contributed by atoms with van der Waals surface area (Å²) in [5.74, 6) is -0.379. The third-order valence-electron chi connectivity index (χ3n) is 3.80. The van der Waals surface area contributed by atoms with Crippen molar-refractivity contribution < 1.29 is 9.18 Å². The number of halogens is 1. The number of nitrogens with zero attached hydrogens (tertiary/aromatic N) is 1. The second kappa shape index (κ2) is 8.11. The standard InChI is InChI=1S/C21H19FN2O/c22-19-12-7-13-20(14-19)23-21(25)24(15-17-8-3-1-4-9-17)16-18-10-5-2-6-11-18/h1-14H,15-16H2,(H,23,25). The highest BCUT2D eigenvalue weighted by Gasteiger charge is 2.15. The van der Waals surface area contributed by atoms with Gasteiger partial charge in [0, 0.05) is 18.8 Å². The molecule has 0 radical (unpaired) electrons. The molecule has 3 nitrogen and oxygen atoms in total. The lowest BCUT2D eigenvalue weighted by molar-refractivity contribution is 0.206. The van der Waals surface area contributed by atoms with Crippen molar-refractivity contribution in [3.05, 3.63) is 102 Å². The smallest absolute Gasteiger partial charge is 0.316 e. The van der Waals surface area contributed by atoms with Crippen LogP contribution in [0.1, 0.15) is 11.1 Å². The van der Waals surface area contributed by atoms with Gasteiger partial charge in [0.05, 0.1) is 0 Å². The van der Waals surface area contributed by atoms with E-state index < -0.39 is 0 Å². The van der Waals surface area contributed by atoms with E-state index in [1.54, 1.807) is 17.0 Å². The molecule has 2 amide bonds. The lowest BCUT2D eigenvalue weighted by Gasteiger charge is -2.23. The largest absolute Gasteiger partial charge is 0.322 e. The van der Waals surface area contributed by atoms with Crippen LogP contribution in [-0.2, 0) is 13.1 Å². The maximum Gasteiger partial charge on any atom is 0.322 e. The minimum atomic E-state index is -0.379. The van der Waals surface area contributed by atoms with Gasteiger partial charge in [0.15, 0.2) is 0 Å². The maximum absolute atomic E-state index is 13.3. The number of carbonyl (C=O) groups excluding carboxylic acids is 1. The fraction of sp³-hybridized carbons (Fsp3) is 0.0952. The molecule has 3 rings (SSSR count). The minimum absolute atomic E-state index is 0.265. The molecule has 0 bridgehead atoms. The van der Waals surface area contributed by atoms with E-state index in [0.717, 1.165) is 11.1 Å². The first-order valence-electron chi connectivity index (χ1n) is 8.10. The third-order valence-corrected chi connectivity index (χ3v) is 3.80. The number of benzene rings is 3. The van der Waals surface area contributed by atoms with Crippen molar-refractivity contribution in [1.29, 1.82) is 0 Å². The number of anilines is 1. The molecule has 0 fully saturated rings. The van der Waals surface area contributed by atoms with Gasteiger partial charge in [-0.2, -0.15) is 0 Å². The topological polar surface area (TPSA) is 32.3 Å². The zero-order chi connectivity index (χ0) is 17.5. The predicted molar refractivity (Wildman–Crippen MR) is 97.5 cm³/mol. The van der Waals surface area contributed by atoms with Crippen LogP contribution < -0.4 is 5.32 Å². The average Bonchev–Trinajstić information content (AvgIpc) is 2.63. The maximum atomic E-state index is 13.3. The molecule has 0 aliphatic rings. The molecular weight excluding hydrogens is 315 g/mol. The van der Waals surface area contributed by atoms with Crippen molar-refractivity contribution in [2.75, 3.05) is 5.32 Å². The van der Waals surface area contributed by atoms with Crippen molar-refractivity contribution in [1.82, 2.24) is 4.90 Å². The average molecular weight is 334 g/mol. The summed E-state index contributed by atoms with van der Waals surface area (Å²) < 4.78 is 13.3. The normalized spacial score (nSPS) is 10.3. The first-order valence-corrected chi connectivity index (χ1v) is 8.10. The molecule has 0 aliphatic heterocycles. The van der Waals surface area contributed by atoms with E-state index >= 15 is 0 Å². The van der Waals surface area contributed by atoms with Gasteiger partial charge in [0.25, 0.3) is 0 Å². The van der Waals surface area contributed by atoms with Crippen molar-refractivity contribution in [3.63, 3.8) is 0 Å². The first kappa shape index (κ1) is 16.7. The van der Waals surface area contributed by atoms with Crippen LogP contribution in [0.15, 0.2) is 84.9 Å². The van der Waals surface area contributed by atoms with Crippen LogP contribution in [0, 0.1) is 5.82 Å². The number of rotatable bonds is 5. The van der Waals surface area contributed by atoms with Crippen molar-refractivity contribution in [3.8, 4) is 0 Å². The van der Waals surface area contributed by atoms with Crippen LogP contribution in [0.4, 0.5) is 14.9 Å². The van der Waals surface area contributed by atoms with Gasteiger partial charge in [0.1, 0.15) is 5.82 Å². The minimum Gasteiger partial charge on any atom is -0.316 e. The summed E-state index contributed by atoms with van der Waals surface area (Å²) in [6.07, 6.45) is 0. The van der Waals surface area contributed by atoms with Gasteiger partial charge in [-0.1, -0.05) is 66.7 Å². The van der Waals surface area contributed by atoms with E-state index in [1.165, 1.54) is 12.1 Å². The third kappa shape index (κ3) is 4.91. The summed E-state index contributed by atoms with van der Waals surface area (Å²) in [6.45, 7) is 0.938. The van der Waals surface area contributed by atoms with Crippen LogP contribution in [0.2, 0.25) is 0 Å². The number of hydrogen-bond acceptors (Lipinski definition) is 1. The molecule has 3 aromatic rings. The SMILES string of the molecule is O=C(Nc1cccc(F)c1)N(Cc1ccccc1)Cc1ccccc1. The Morgan fingerprint density at radius 1 is 0.800 bits per heavy atom. The summed E-state index contributed by atoms with van der Waals surface area (Å²) in [7, 11) is 0. The van der Waals surface area contributed by atoms with Gasteiger partial charge in [-0.3, -0.25) is 0 Å². The summed E-state index contributed by atoms with van der Waals surface area (Å²) >= 11 is 0. The molecule has 126 valence electrons. The second-order valence-electron chi connectivity index (χ2n) is 5.77. The zero-order valence-corrected chi connectivity index (χ0v) is 13.7. The molecule has 0 unspecified atom stereocenters. The number of nitrogens with one attached hydrogen (secondary N) is 1. The predicted octanol–water partition coefficient (Wildman–Crippen LogP) is 5.06. The van der Waals surface area contributed by atoms with E-state index in [9.17, 15) is 9.18 Å². The number of carbonyl (C=O) groups is 1. The molecule has 25 heavy (non-hydrogen) atoms. The molecule has 0 atom stereocenters. The summed E-state index contributed by atoms with van der Waals surface area (Å²) in [6, 6.07) is 25.2. The Balaban J connectivity index is 1.78. The fourth-order valence-electron chi connectivity index (χ4n) is 2.58. The molecule has 4 heteroatoms. The summed E-state index contributed by atoms with van der Waals surface area (Å²) in [5.41, 5.74) is 2.51. The number of urea groups is 1. The Kier molecular flexibility index (Phi) is 5.42. The summed E-state index contributed by atoms with van der Waals surface area (Å²) in [4.78, 5) is 14.4. The Hall–Kier alpha value is -3.14. The highest BCUT2D eigenvalue weighted by atomic mass is 19.1. The highest BCUT2D eigenvalue weighted by molar-refractivity contribution is 5.89. The van der Waals surface area contributed by atoms with E-state index in [0.29, 0.717) is 18.8 Å². The lowest BCUT2D eigenvalue weighted by atomic mass is 10.2. The van der Waals surface area contributed by atoms with E-state index in [2.05, 4.69) is 5.32 Å². The molecule has 3 aromatic carbocycles. The van der Waals surface area contributed by atoms with Crippen LogP contribution >= 0.6 is 0 Å². The molecule has 0 spiro atoms. The lowest BCUT2D eigenvalue weighted by Crippen LogP contribution is -2.34. The Bertz CT molecular complexity index is 780. The highest BCUT2D eigenvalue weighted by Crippen LogP contribution is 2.14. The monoisotopic (exact) mass is 334 g/mol. The van der Waals surface area contributed by atoms with Crippen LogP contribution in [0.3, 0.4) is 0 Å². The zero-order valence-electron chi connectivity index (χ0n) is 13.7. The van der Waals surface area contributed by atoms with E-state index in [4.69, 9.17) is 0 Å². The van der Waals surface area contributed by atoms with Gasteiger partial charge in [-0.25, -0.2) is 9.18 Å². The Morgan fingerprint density at radius 2 is 1.36 bits per heavy atom. The molecule has 1 N–H and O–H groups in total. The number of amides is 2. The summed E-state index contributed by atoms with van der Waals surface area (Å²) in [5, 5.41) is 2.77. The molecular formula is C21H19FN2O. The van der Waals surface area contributed by atoms with Gasteiger partial charge in [0.2, 0.25) is 0 Å². The van der Waals surface area contributed by atoms with Crippen LogP contribution in [0.25, 0.3) is 0 Å². The van der Waals surface area contributed by atoms with Gasteiger partial charge >= 0.3 is 6.03 Å². The van der Waals surface area contributed by atoms with Gasteiger partial charge in [-0.15, -0.1) is 0 Å².